The van der Waals surface area contributed by atoms with Crippen molar-refractivity contribution in [2.24, 2.45) is 0 Å². The molecule has 0 bridgehead atoms. The molecule has 0 amide bonds. The summed E-state index contributed by atoms with van der Waals surface area (Å²) >= 11 is 0. The predicted molar refractivity (Wildman–Crippen MR) is 79.5 cm³/mol. The number of carboxylic acid groups (broad SMARTS) is 1. The van der Waals surface area contributed by atoms with Gasteiger partial charge in [-0.3, -0.25) is 4.79 Å². The van der Waals surface area contributed by atoms with E-state index < -0.39 is 5.97 Å². The van der Waals surface area contributed by atoms with E-state index in [1.807, 2.05) is 6.07 Å². The normalized spacial score (nSPS) is 15.5. The number of hydrogen-bond acceptors (Lipinski definition) is 5. The lowest BCUT2D eigenvalue weighted by Gasteiger charge is -2.29. The van der Waals surface area contributed by atoms with Gasteiger partial charge in [-0.25, -0.2) is 4.68 Å². The number of nitrogens with zero attached hydrogens (tertiary/aromatic N) is 4. The highest BCUT2D eigenvalue weighted by Crippen LogP contribution is 2.21. The van der Waals surface area contributed by atoms with Gasteiger partial charge in [-0.2, -0.15) is 0 Å². The molecule has 1 aliphatic rings. The molecule has 7 heteroatoms. The van der Waals surface area contributed by atoms with Gasteiger partial charge in [0, 0.05) is 44.8 Å². The van der Waals surface area contributed by atoms with Gasteiger partial charge < -0.3 is 15.3 Å². The Balaban J connectivity index is 1.75. The second kappa shape index (κ2) is 6.09. The fraction of sp³-hybridized carbons (Fsp3) is 0.500. The minimum absolute atomic E-state index is 0.153. The zero-order valence-electron chi connectivity index (χ0n) is 11.8. The Morgan fingerprint density at radius 2 is 2.14 bits per heavy atom. The fourth-order valence-electron chi connectivity index (χ4n) is 2.63. The first-order valence-electron chi connectivity index (χ1n) is 7.25. The van der Waals surface area contributed by atoms with Crippen LogP contribution in [0.1, 0.15) is 12.8 Å². The molecule has 0 aliphatic carbocycles. The van der Waals surface area contributed by atoms with Gasteiger partial charge in [0.2, 0.25) is 0 Å². The molecule has 1 aromatic carbocycles. The smallest absolute Gasteiger partial charge is 0.303 e. The molecule has 21 heavy (non-hydrogen) atoms. The van der Waals surface area contributed by atoms with E-state index in [1.54, 1.807) is 4.68 Å². The topological polar surface area (TPSA) is 83.3 Å². The van der Waals surface area contributed by atoms with E-state index in [0.29, 0.717) is 13.0 Å². The zero-order chi connectivity index (χ0) is 14.7. The second-order valence-electron chi connectivity index (χ2n) is 5.22. The lowest BCUT2D eigenvalue weighted by molar-refractivity contribution is -0.137. The molecule has 1 fully saturated rings. The van der Waals surface area contributed by atoms with Crippen LogP contribution in [0.3, 0.4) is 0 Å². The number of carbonyl (C=O) groups is 1. The lowest BCUT2D eigenvalue weighted by Crippen LogP contribution is -2.43. The quantitative estimate of drug-likeness (QED) is 0.843. The zero-order valence-corrected chi connectivity index (χ0v) is 11.8. The molecule has 1 saturated heterocycles. The van der Waals surface area contributed by atoms with Crippen molar-refractivity contribution >= 4 is 22.7 Å². The molecule has 0 unspecified atom stereocenters. The van der Waals surface area contributed by atoms with E-state index in [-0.39, 0.29) is 6.42 Å². The summed E-state index contributed by atoms with van der Waals surface area (Å²) < 4.78 is 1.78. The van der Waals surface area contributed by atoms with Crippen LogP contribution in [0.2, 0.25) is 0 Å². The Morgan fingerprint density at radius 1 is 1.33 bits per heavy atom. The first-order valence-corrected chi connectivity index (χ1v) is 7.25. The summed E-state index contributed by atoms with van der Waals surface area (Å²) in [4.78, 5) is 12.9. The van der Waals surface area contributed by atoms with Crippen LogP contribution in [-0.4, -0.2) is 52.2 Å². The molecular weight excluding hydrogens is 270 g/mol. The molecule has 1 aliphatic heterocycles. The van der Waals surface area contributed by atoms with E-state index in [1.165, 1.54) is 5.69 Å². The third kappa shape index (κ3) is 3.13. The van der Waals surface area contributed by atoms with E-state index in [0.717, 1.165) is 37.2 Å². The highest BCUT2D eigenvalue weighted by molar-refractivity contribution is 5.79. The van der Waals surface area contributed by atoms with Crippen LogP contribution in [0, 0.1) is 0 Å². The van der Waals surface area contributed by atoms with E-state index >= 15 is 0 Å². The number of rotatable bonds is 5. The maximum Gasteiger partial charge on any atom is 0.303 e. The molecule has 3 rings (SSSR count). The summed E-state index contributed by atoms with van der Waals surface area (Å²) in [5.41, 5.74) is 2.99. The van der Waals surface area contributed by atoms with Crippen LogP contribution in [0.15, 0.2) is 18.2 Å². The van der Waals surface area contributed by atoms with Gasteiger partial charge >= 0.3 is 5.97 Å². The molecular formula is C14H19N5O2. The first-order chi connectivity index (χ1) is 10.2. The largest absolute Gasteiger partial charge is 0.481 e. The Bertz CT molecular complexity index is 633. The van der Waals surface area contributed by atoms with Crippen molar-refractivity contribution in [1.82, 2.24) is 20.3 Å². The van der Waals surface area contributed by atoms with Crippen molar-refractivity contribution in [3.8, 4) is 0 Å². The van der Waals surface area contributed by atoms with Crippen LogP contribution in [0.4, 0.5) is 5.69 Å². The molecule has 7 nitrogen and oxygen atoms in total. The molecule has 0 spiro atoms. The van der Waals surface area contributed by atoms with Gasteiger partial charge in [-0.05, 0) is 24.6 Å². The number of aliphatic carboxylic acids is 1. The number of anilines is 1. The number of fused-ring (bicyclic) bond motifs is 1. The SMILES string of the molecule is O=C(O)CCCn1nnc2cc(N3CCNCC3)ccc21. The Kier molecular flexibility index (Phi) is 4.01. The number of hydrogen-bond donors (Lipinski definition) is 2. The summed E-state index contributed by atoms with van der Waals surface area (Å²) in [6.45, 7) is 4.58. The highest BCUT2D eigenvalue weighted by Gasteiger charge is 2.12. The minimum Gasteiger partial charge on any atom is -0.481 e. The van der Waals surface area contributed by atoms with E-state index in [4.69, 9.17) is 5.11 Å². The molecule has 0 saturated carbocycles. The molecule has 0 atom stereocenters. The van der Waals surface area contributed by atoms with Gasteiger partial charge in [0.15, 0.2) is 0 Å². The highest BCUT2D eigenvalue weighted by atomic mass is 16.4. The summed E-state index contributed by atoms with van der Waals surface area (Å²) in [6, 6.07) is 6.17. The van der Waals surface area contributed by atoms with Gasteiger partial charge in [-0.1, -0.05) is 5.21 Å². The van der Waals surface area contributed by atoms with Crippen molar-refractivity contribution in [3.05, 3.63) is 18.2 Å². The van der Waals surface area contributed by atoms with Gasteiger partial charge in [0.05, 0.1) is 5.52 Å². The maximum atomic E-state index is 10.6. The third-order valence-electron chi connectivity index (χ3n) is 3.74. The number of aryl methyl sites for hydroxylation is 1. The van der Waals surface area contributed by atoms with Crippen LogP contribution < -0.4 is 10.2 Å². The number of carboxylic acids is 1. The number of aromatic nitrogens is 3. The lowest BCUT2D eigenvalue weighted by atomic mass is 10.2. The second-order valence-corrected chi connectivity index (χ2v) is 5.22. The molecule has 2 heterocycles. The fourth-order valence-corrected chi connectivity index (χ4v) is 2.63. The van der Waals surface area contributed by atoms with Crippen LogP contribution in [0.5, 0.6) is 0 Å². The van der Waals surface area contributed by atoms with Crippen molar-refractivity contribution in [1.29, 1.82) is 0 Å². The molecule has 112 valence electrons. The molecule has 0 radical (unpaired) electrons. The maximum absolute atomic E-state index is 10.6. The van der Waals surface area contributed by atoms with Crippen molar-refractivity contribution in [3.63, 3.8) is 0 Å². The van der Waals surface area contributed by atoms with Crippen LogP contribution in [-0.2, 0) is 11.3 Å². The van der Waals surface area contributed by atoms with E-state index in [2.05, 4.69) is 32.7 Å². The molecule has 2 aromatic rings. The van der Waals surface area contributed by atoms with Crippen LogP contribution in [0.25, 0.3) is 11.0 Å². The standard InChI is InChI=1S/C14H19N5O2/c20-14(21)2-1-7-19-13-4-3-11(10-12(13)16-17-19)18-8-5-15-6-9-18/h3-4,10,15H,1-2,5-9H2,(H,20,21). The Morgan fingerprint density at radius 3 is 2.90 bits per heavy atom. The molecule has 1 aromatic heterocycles. The van der Waals surface area contributed by atoms with Crippen molar-refractivity contribution in [2.45, 2.75) is 19.4 Å². The minimum atomic E-state index is -0.777. The van der Waals surface area contributed by atoms with Crippen LogP contribution >= 0.6 is 0 Å². The van der Waals surface area contributed by atoms with Crippen molar-refractivity contribution in [2.75, 3.05) is 31.1 Å². The Hall–Kier alpha value is -2.15. The monoisotopic (exact) mass is 289 g/mol. The number of piperazine rings is 1. The third-order valence-corrected chi connectivity index (χ3v) is 3.74. The average Bonchev–Trinajstić information content (AvgIpc) is 2.90. The number of nitrogens with one attached hydrogen (secondary N) is 1. The Labute approximate surface area is 122 Å². The summed E-state index contributed by atoms with van der Waals surface area (Å²) in [6.07, 6.45) is 0.716. The van der Waals surface area contributed by atoms with Gasteiger partial charge in [0.25, 0.3) is 0 Å². The van der Waals surface area contributed by atoms with E-state index in [9.17, 15) is 4.79 Å². The first kappa shape index (κ1) is 13.8. The van der Waals surface area contributed by atoms with Gasteiger partial charge in [0.1, 0.15) is 5.52 Å². The summed E-state index contributed by atoms with van der Waals surface area (Å²) in [7, 11) is 0. The molecule has 2 N–H and O–H groups in total. The predicted octanol–water partition coefficient (Wildman–Crippen LogP) is 0.706. The van der Waals surface area contributed by atoms with Crippen molar-refractivity contribution < 1.29 is 9.90 Å². The number of benzene rings is 1. The summed E-state index contributed by atoms with van der Waals surface area (Å²) in [5.74, 6) is -0.777. The summed E-state index contributed by atoms with van der Waals surface area (Å²) in [5, 5.41) is 20.3. The van der Waals surface area contributed by atoms with Gasteiger partial charge in [-0.15, -0.1) is 5.10 Å². The average molecular weight is 289 g/mol.